The normalized spacial score (nSPS) is 22.6. The van der Waals surface area contributed by atoms with E-state index in [0.717, 1.165) is 0 Å². The van der Waals surface area contributed by atoms with Gasteiger partial charge in [-0.1, -0.05) is 25.1 Å². The van der Waals surface area contributed by atoms with Gasteiger partial charge in [0.05, 0.1) is 16.8 Å². The SMILES string of the molecule is CC1CCCN(C(C)C([NH-])=O)C(=O)C1NS(=O)(=O)c1ccccc1.[Y+3]. The first-order valence-corrected chi connectivity index (χ1v) is 9.35. The summed E-state index contributed by atoms with van der Waals surface area (Å²) < 4.78 is 27.5. The molecule has 0 spiro atoms. The summed E-state index contributed by atoms with van der Waals surface area (Å²) in [5.41, 5.74) is 7.24. The third-order valence-electron chi connectivity index (χ3n) is 4.36. The summed E-state index contributed by atoms with van der Waals surface area (Å²) in [5.74, 6) is -1.51. The van der Waals surface area contributed by atoms with Crippen molar-refractivity contribution in [2.24, 2.45) is 5.92 Å². The molecule has 3 atom stereocenters. The zero-order valence-electron chi connectivity index (χ0n) is 14.3. The first kappa shape index (κ1) is 22.2. The Morgan fingerprint density at radius 1 is 1.32 bits per heavy atom. The molecule has 2 amide bonds. The van der Waals surface area contributed by atoms with Crippen LogP contribution in [0.25, 0.3) is 5.73 Å². The maximum Gasteiger partial charge on any atom is 3.00 e. The van der Waals surface area contributed by atoms with Gasteiger partial charge in [0.2, 0.25) is 15.9 Å². The van der Waals surface area contributed by atoms with Crippen LogP contribution in [0.1, 0.15) is 26.7 Å². The topological polar surface area (TPSA) is 107 Å². The van der Waals surface area contributed by atoms with Crippen molar-refractivity contribution in [3.05, 3.63) is 36.1 Å². The minimum Gasteiger partial charge on any atom is -0.666 e. The molecule has 1 fully saturated rings. The van der Waals surface area contributed by atoms with Crippen molar-refractivity contribution >= 4 is 21.8 Å². The Morgan fingerprint density at radius 3 is 2.48 bits per heavy atom. The standard InChI is InChI=1S/C16H23N3O4S.Y/c1-11-7-6-10-19(12(2)15(17)20)16(21)14(11)18-24(22,23)13-8-4-3-5-9-13;/h3-5,8-9,11-12,14,18H,6-7,10H2,1-2H3,(H2,17,20);/q;+3/p-1. The van der Waals surface area contributed by atoms with Gasteiger partial charge < -0.3 is 15.4 Å². The Bertz CT molecular complexity index is 711. The van der Waals surface area contributed by atoms with Crippen LogP contribution in [0, 0.1) is 5.92 Å². The molecule has 1 heterocycles. The van der Waals surface area contributed by atoms with Crippen molar-refractivity contribution in [2.45, 2.75) is 43.7 Å². The van der Waals surface area contributed by atoms with Crippen molar-refractivity contribution in [1.82, 2.24) is 9.62 Å². The average Bonchev–Trinajstić information content (AvgIpc) is 2.68. The van der Waals surface area contributed by atoms with Crippen LogP contribution >= 0.6 is 0 Å². The zero-order valence-corrected chi connectivity index (χ0v) is 18.0. The quantitative estimate of drug-likeness (QED) is 0.748. The van der Waals surface area contributed by atoms with E-state index in [1.54, 1.807) is 18.2 Å². The molecule has 1 saturated heterocycles. The van der Waals surface area contributed by atoms with Gasteiger partial charge in [0.15, 0.2) is 0 Å². The molecule has 132 valence electrons. The second-order valence-electron chi connectivity index (χ2n) is 6.10. The van der Waals surface area contributed by atoms with E-state index in [-0.39, 0.29) is 43.5 Å². The molecule has 25 heavy (non-hydrogen) atoms. The maximum absolute atomic E-state index is 12.8. The van der Waals surface area contributed by atoms with Gasteiger partial charge in [-0.3, -0.25) is 4.79 Å². The molecule has 2 rings (SSSR count). The van der Waals surface area contributed by atoms with Crippen molar-refractivity contribution in [1.29, 1.82) is 0 Å². The number of sulfonamides is 1. The van der Waals surface area contributed by atoms with Crippen LogP contribution in [0.4, 0.5) is 0 Å². The summed E-state index contributed by atoms with van der Waals surface area (Å²) in [4.78, 5) is 25.5. The second kappa shape index (κ2) is 9.21. The summed E-state index contributed by atoms with van der Waals surface area (Å²) in [6.45, 7) is 3.65. The van der Waals surface area contributed by atoms with E-state index >= 15 is 0 Å². The maximum atomic E-state index is 12.8. The molecule has 1 aromatic carbocycles. The van der Waals surface area contributed by atoms with E-state index in [9.17, 15) is 18.0 Å². The molecule has 1 aliphatic heterocycles. The van der Waals surface area contributed by atoms with Crippen molar-refractivity contribution in [3.63, 3.8) is 0 Å². The summed E-state index contributed by atoms with van der Waals surface area (Å²) in [7, 11) is -3.84. The minimum atomic E-state index is -3.84. The van der Waals surface area contributed by atoms with Crippen LogP contribution in [-0.2, 0) is 52.3 Å². The number of likely N-dealkylation sites (tertiary alicyclic amines) is 1. The molecule has 7 nitrogen and oxygen atoms in total. The Morgan fingerprint density at radius 2 is 1.92 bits per heavy atom. The summed E-state index contributed by atoms with van der Waals surface area (Å²) in [6.07, 6.45) is 1.32. The second-order valence-corrected chi connectivity index (χ2v) is 7.82. The predicted molar refractivity (Wildman–Crippen MR) is 89.5 cm³/mol. The van der Waals surface area contributed by atoms with E-state index in [1.807, 2.05) is 6.92 Å². The predicted octanol–water partition coefficient (Wildman–Crippen LogP) is 1.56. The van der Waals surface area contributed by atoms with Gasteiger partial charge in [-0.05, 0) is 37.8 Å². The van der Waals surface area contributed by atoms with E-state index in [4.69, 9.17) is 5.73 Å². The molecule has 1 aromatic rings. The fourth-order valence-corrected chi connectivity index (χ4v) is 4.13. The molecule has 9 heteroatoms. The number of carbonyl (C=O) groups is 2. The summed E-state index contributed by atoms with van der Waals surface area (Å²) >= 11 is 0. The van der Waals surface area contributed by atoms with Crippen LogP contribution in [0.15, 0.2) is 35.2 Å². The van der Waals surface area contributed by atoms with Gasteiger partial charge >= 0.3 is 32.7 Å². The molecule has 1 aliphatic rings. The fourth-order valence-electron chi connectivity index (χ4n) is 2.81. The molecule has 0 bridgehead atoms. The molecule has 0 aliphatic carbocycles. The van der Waals surface area contributed by atoms with Gasteiger partial charge in [0.25, 0.3) is 0 Å². The Labute approximate surface area is 173 Å². The Balaban J connectivity index is 0.00000312. The minimum absolute atomic E-state index is 0. The smallest absolute Gasteiger partial charge is 0.666 e. The van der Waals surface area contributed by atoms with Crippen LogP contribution in [0.2, 0.25) is 0 Å². The number of hydrogen-bond acceptors (Lipinski definition) is 4. The van der Waals surface area contributed by atoms with Gasteiger partial charge in [-0.25, -0.2) is 8.42 Å². The largest absolute Gasteiger partial charge is 3.00 e. The molecule has 0 radical (unpaired) electrons. The molecule has 3 unspecified atom stereocenters. The average molecular weight is 441 g/mol. The van der Waals surface area contributed by atoms with Gasteiger partial charge in [0, 0.05) is 6.54 Å². The first-order chi connectivity index (χ1) is 11.2. The number of hydrogen-bond donors (Lipinski definition) is 1. The fraction of sp³-hybridized carbons (Fsp3) is 0.500. The summed E-state index contributed by atoms with van der Waals surface area (Å²) in [6, 6.07) is 6.03. The molecular weight excluding hydrogens is 419 g/mol. The van der Waals surface area contributed by atoms with Gasteiger partial charge in [0.1, 0.15) is 6.04 Å². The number of nitrogens with zero attached hydrogens (tertiary/aromatic N) is 1. The summed E-state index contributed by atoms with van der Waals surface area (Å²) in [5, 5.41) is 0. The Hall–Kier alpha value is -0.826. The molecule has 0 saturated carbocycles. The van der Waals surface area contributed by atoms with Crippen LogP contribution < -0.4 is 4.72 Å². The van der Waals surface area contributed by atoms with Crippen LogP contribution in [-0.4, -0.2) is 43.8 Å². The Kier molecular flexibility index (Phi) is 8.18. The molecular formula is C16H22N3O4SY+2. The molecule has 2 N–H and O–H groups in total. The number of nitrogens with one attached hydrogen (secondary N) is 2. The van der Waals surface area contributed by atoms with Crippen LogP contribution in [0.3, 0.4) is 0 Å². The number of rotatable bonds is 5. The third kappa shape index (κ3) is 5.32. The zero-order chi connectivity index (χ0) is 17.9. The van der Waals surface area contributed by atoms with E-state index in [0.29, 0.717) is 19.4 Å². The van der Waals surface area contributed by atoms with E-state index < -0.39 is 33.9 Å². The molecule has 0 aromatic heterocycles. The van der Waals surface area contributed by atoms with Crippen molar-refractivity contribution in [3.8, 4) is 0 Å². The van der Waals surface area contributed by atoms with Crippen LogP contribution in [0.5, 0.6) is 0 Å². The first-order valence-electron chi connectivity index (χ1n) is 7.87. The number of amides is 2. The third-order valence-corrected chi connectivity index (χ3v) is 5.82. The van der Waals surface area contributed by atoms with Gasteiger partial charge in [-0.15, -0.1) is 0 Å². The number of benzene rings is 1. The van der Waals surface area contributed by atoms with Gasteiger partial charge in [-0.2, -0.15) is 4.72 Å². The van der Waals surface area contributed by atoms with Crippen molar-refractivity contribution in [2.75, 3.05) is 6.54 Å². The van der Waals surface area contributed by atoms with E-state index in [1.165, 1.54) is 24.0 Å². The van der Waals surface area contributed by atoms with Crippen molar-refractivity contribution < 1.29 is 50.7 Å². The number of carbonyl (C=O) groups excluding carboxylic acids is 2. The van der Waals surface area contributed by atoms with E-state index in [2.05, 4.69) is 4.72 Å². The monoisotopic (exact) mass is 441 g/mol.